The van der Waals surface area contributed by atoms with Crippen molar-refractivity contribution in [3.05, 3.63) is 0 Å². The van der Waals surface area contributed by atoms with Crippen LogP contribution in [0.2, 0.25) is 0 Å². The van der Waals surface area contributed by atoms with Gasteiger partial charge in [-0.2, -0.15) is 0 Å². The van der Waals surface area contributed by atoms with Gasteiger partial charge in [0.25, 0.3) is 0 Å². The topological polar surface area (TPSA) is 93.1 Å². The van der Waals surface area contributed by atoms with Gasteiger partial charge in [-0.15, -0.1) is 0 Å². The Morgan fingerprint density at radius 3 is 2.80 bits per heavy atom. The number of amides is 2. The van der Waals surface area contributed by atoms with Gasteiger partial charge in [0.2, 0.25) is 0 Å². The number of rotatable bonds is 4. The zero-order valence-corrected chi connectivity index (χ0v) is 11.8. The van der Waals surface area contributed by atoms with Crippen molar-refractivity contribution in [2.24, 2.45) is 0 Å². The summed E-state index contributed by atoms with van der Waals surface area (Å²) in [5.41, 5.74) is 0. The van der Waals surface area contributed by atoms with Crippen molar-refractivity contribution in [3.63, 3.8) is 0 Å². The number of likely N-dealkylation sites (N-methyl/N-ethyl adjacent to an activating group) is 1. The number of urea groups is 1. The maximum absolute atomic E-state index is 12.1. The van der Waals surface area contributed by atoms with Gasteiger partial charge in [0.1, 0.15) is 6.04 Å². The first-order chi connectivity index (χ1) is 9.52. The maximum Gasteiger partial charge on any atom is 0.326 e. The van der Waals surface area contributed by atoms with Crippen molar-refractivity contribution in [3.8, 4) is 0 Å². The summed E-state index contributed by atoms with van der Waals surface area (Å²) in [5, 5.41) is 21.4. The Hall–Kier alpha value is -1.34. The molecule has 20 heavy (non-hydrogen) atoms. The molecule has 2 saturated heterocycles. The van der Waals surface area contributed by atoms with Gasteiger partial charge in [0.15, 0.2) is 0 Å². The smallest absolute Gasteiger partial charge is 0.326 e. The minimum atomic E-state index is -1.06. The van der Waals surface area contributed by atoms with E-state index in [9.17, 15) is 14.7 Å². The lowest BCUT2D eigenvalue weighted by atomic mass is 10.2. The molecule has 7 heteroatoms. The van der Waals surface area contributed by atoms with E-state index in [-0.39, 0.29) is 13.0 Å². The van der Waals surface area contributed by atoms with Crippen molar-refractivity contribution in [2.45, 2.75) is 44.4 Å². The van der Waals surface area contributed by atoms with E-state index in [1.54, 1.807) is 0 Å². The minimum absolute atomic E-state index is 0.0883. The third-order valence-corrected chi connectivity index (χ3v) is 4.22. The predicted molar refractivity (Wildman–Crippen MR) is 72.4 cm³/mol. The molecule has 0 aliphatic carbocycles. The molecule has 2 heterocycles. The number of likely N-dealkylation sites (tertiary alicyclic amines) is 2. The fraction of sp³-hybridized carbons (Fsp3) is 0.846. The number of nitrogens with zero attached hydrogens (tertiary/aromatic N) is 2. The lowest BCUT2D eigenvalue weighted by molar-refractivity contribution is -0.141. The number of aliphatic carboxylic acids is 1. The zero-order chi connectivity index (χ0) is 14.7. The van der Waals surface area contributed by atoms with E-state index in [0.29, 0.717) is 12.6 Å². The molecule has 0 saturated carbocycles. The third-order valence-electron chi connectivity index (χ3n) is 4.22. The van der Waals surface area contributed by atoms with Gasteiger partial charge < -0.3 is 20.4 Å². The minimum Gasteiger partial charge on any atom is -0.480 e. The average molecular weight is 285 g/mol. The fourth-order valence-corrected chi connectivity index (χ4v) is 3.12. The molecule has 2 aliphatic rings. The SMILES string of the molecule is CCN1CCCC1CNC(=O)N1C[C@H](O)C[C@@H]1C(=O)O. The molecule has 1 unspecified atom stereocenters. The lowest BCUT2D eigenvalue weighted by Crippen LogP contribution is -2.49. The summed E-state index contributed by atoms with van der Waals surface area (Å²) in [6.45, 7) is 4.73. The molecule has 0 aromatic carbocycles. The van der Waals surface area contributed by atoms with Crippen LogP contribution in [0.15, 0.2) is 0 Å². The van der Waals surface area contributed by atoms with Gasteiger partial charge >= 0.3 is 12.0 Å². The number of carbonyl (C=O) groups is 2. The number of carboxylic acids is 1. The van der Waals surface area contributed by atoms with Crippen molar-refractivity contribution in [1.82, 2.24) is 15.1 Å². The second-order valence-corrected chi connectivity index (χ2v) is 5.51. The summed E-state index contributed by atoms with van der Waals surface area (Å²) < 4.78 is 0. The summed E-state index contributed by atoms with van der Waals surface area (Å²) in [5.74, 6) is -1.06. The quantitative estimate of drug-likeness (QED) is 0.659. The van der Waals surface area contributed by atoms with Gasteiger partial charge in [0, 0.05) is 25.6 Å². The van der Waals surface area contributed by atoms with Crippen molar-refractivity contribution >= 4 is 12.0 Å². The highest BCUT2D eigenvalue weighted by molar-refractivity contribution is 5.83. The Bertz CT molecular complexity index is 377. The number of aliphatic hydroxyl groups excluding tert-OH is 1. The Kier molecular flexibility index (Phi) is 4.82. The van der Waals surface area contributed by atoms with Gasteiger partial charge in [-0.3, -0.25) is 4.90 Å². The highest BCUT2D eigenvalue weighted by Crippen LogP contribution is 2.19. The first-order valence-corrected chi connectivity index (χ1v) is 7.22. The molecule has 0 radical (unpaired) electrons. The van der Waals surface area contributed by atoms with Gasteiger partial charge in [-0.1, -0.05) is 6.92 Å². The lowest BCUT2D eigenvalue weighted by Gasteiger charge is -2.26. The van der Waals surface area contributed by atoms with E-state index in [2.05, 4.69) is 17.1 Å². The van der Waals surface area contributed by atoms with Crippen LogP contribution in [0.1, 0.15) is 26.2 Å². The number of hydrogen-bond donors (Lipinski definition) is 3. The van der Waals surface area contributed by atoms with Crippen LogP contribution in [0.4, 0.5) is 4.79 Å². The van der Waals surface area contributed by atoms with Crippen molar-refractivity contribution in [2.75, 3.05) is 26.2 Å². The van der Waals surface area contributed by atoms with E-state index in [1.807, 2.05) is 0 Å². The molecule has 3 N–H and O–H groups in total. The third kappa shape index (κ3) is 3.21. The van der Waals surface area contributed by atoms with Crippen LogP contribution < -0.4 is 5.32 Å². The second-order valence-electron chi connectivity index (χ2n) is 5.51. The van der Waals surface area contributed by atoms with Crippen LogP contribution in [0.5, 0.6) is 0 Å². The summed E-state index contributed by atoms with van der Waals surface area (Å²) in [6, 6.07) is -0.979. The number of hydrogen-bond acceptors (Lipinski definition) is 4. The summed E-state index contributed by atoms with van der Waals surface area (Å²) >= 11 is 0. The molecule has 2 amide bonds. The monoisotopic (exact) mass is 285 g/mol. The second kappa shape index (κ2) is 6.41. The number of carbonyl (C=O) groups excluding carboxylic acids is 1. The largest absolute Gasteiger partial charge is 0.480 e. The van der Waals surface area contributed by atoms with Crippen LogP contribution in [0, 0.1) is 0 Å². The molecular weight excluding hydrogens is 262 g/mol. The summed E-state index contributed by atoms with van der Waals surface area (Å²) in [7, 11) is 0. The van der Waals surface area contributed by atoms with Gasteiger partial charge in [-0.05, 0) is 25.9 Å². The Balaban J connectivity index is 1.86. The van der Waals surface area contributed by atoms with Gasteiger partial charge in [-0.25, -0.2) is 9.59 Å². The standard InChI is InChI=1S/C13H23N3O4/c1-2-15-5-3-4-9(15)7-14-13(20)16-8-10(17)6-11(16)12(18)19/h9-11,17H,2-8H2,1H3,(H,14,20)(H,18,19)/t9?,10-,11-/m1/s1. The molecule has 2 aliphatic heterocycles. The number of nitrogens with one attached hydrogen (secondary N) is 1. The normalized spacial score (nSPS) is 30.7. The summed E-state index contributed by atoms with van der Waals surface area (Å²) in [6.07, 6.45) is 1.54. The molecule has 114 valence electrons. The molecule has 3 atom stereocenters. The number of carboxylic acid groups (broad SMARTS) is 1. The van der Waals surface area contributed by atoms with Crippen LogP contribution in [-0.2, 0) is 4.79 Å². The van der Waals surface area contributed by atoms with Crippen molar-refractivity contribution < 1.29 is 19.8 Å². The highest BCUT2D eigenvalue weighted by Gasteiger charge is 2.39. The fourth-order valence-electron chi connectivity index (χ4n) is 3.12. The first kappa shape index (κ1) is 15.1. The molecule has 2 rings (SSSR count). The Morgan fingerprint density at radius 2 is 2.15 bits per heavy atom. The molecule has 0 bridgehead atoms. The molecule has 0 aromatic rings. The first-order valence-electron chi connectivity index (χ1n) is 7.22. The molecule has 0 aromatic heterocycles. The van der Waals surface area contributed by atoms with Gasteiger partial charge in [0.05, 0.1) is 6.10 Å². The van der Waals surface area contributed by atoms with E-state index < -0.39 is 24.1 Å². The van der Waals surface area contributed by atoms with E-state index in [1.165, 1.54) is 4.90 Å². The van der Waals surface area contributed by atoms with E-state index >= 15 is 0 Å². The predicted octanol–water partition coefficient (Wildman–Crippen LogP) is -0.300. The molecule has 7 nitrogen and oxygen atoms in total. The average Bonchev–Trinajstić information content (AvgIpc) is 3.01. The Labute approximate surface area is 118 Å². The molecule has 0 spiro atoms. The number of β-amino-alcohol motifs (C(OH)–C–C–N with tert-alkyl or cyclic N) is 1. The van der Waals surface area contributed by atoms with Crippen LogP contribution in [0.3, 0.4) is 0 Å². The van der Waals surface area contributed by atoms with Crippen LogP contribution in [0.25, 0.3) is 0 Å². The zero-order valence-electron chi connectivity index (χ0n) is 11.8. The highest BCUT2D eigenvalue weighted by atomic mass is 16.4. The van der Waals surface area contributed by atoms with Crippen LogP contribution >= 0.6 is 0 Å². The van der Waals surface area contributed by atoms with E-state index in [0.717, 1.165) is 25.9 Å². The molecule has 2 fully saturated rings. The molecular formula is C13H23N3O4. The maximum atomic E-state index is 12.1. The van der Waals surface area contributed by atoms with Crippen molar-refractivity contribution in [1.29, 1.82) is 0 Å². The van der Waals surface area contributed by atoms with E-state index in [4.69, 9.17) is 5.11 Å². The summed E-state index contributed by atoms with van der Waals surface area (Å²) in [4.78, 5) is 26.7. The number of aliphatic hydroxyl groups is 1. The van der Waals surface area contributed by atoms with Crippen LogP contribution in [-0.4, -0.2) is 76.4 Å². The Morgan fingerprint density at radius 1 is 1.40 bits per heavy atom.